The van der Waals surface area contributed by atoms with Crippen molar-refractivity contribution in [2.45, 2.75) is 51.7 Å². The first-order valence-corrected chi connectivity index (χ1v) is 10.5. The average Bonchev–Trinajstić information content (AvgIpc) is 3.06. The molecule has 0 radical (unpaired) electrons. The number of fused-ring (bicyclic) bond motifs is 3. The van der Waals surface area contributed by atoms with Gasteiger partial charge in [0.15, 0.2) is 0 Å². The molecule has 0 bridgehead atoms. The molecular weight excluding hydrogens is 377 g/mol. The molecular formula is C21H24FN3O2S. The molecule has 2 aromatic heterocycles. The van der Waals surface area contributed by atoms with E-state index in [0.717, 1.165) is 46.2 Å². The Morgan fingerprint density at radius 1 is 1.43 bits per heavy atom. The van der Waals surface area contributed by atoms with Crippen molar-refractivity contribution in [3.05, 3.63) is 62.3 Å². The molecule has 3 aromatic rings. The van der Waals surface area contributed by atoms with Gasteiger partial charge in [0, 0.05) is 30.6 Å². The van der Waals surface area contributed by atoms with Crippen LogP contribution in [-0.4, -0.2) is 27.3 Å². The van der Waals surface area contributed by atoms with E-state index in [2.05, 4.69) is 10.3 Å². The number of aliphatic hydroxyl groups is 1. The Labute approximate surface area is 166 Å². The number of aliphatic hydroxyl groups excluding tert-OH is 1. The van der Waals surface area contributed by atoms with Crippen LogP contribution >= 0.6 is 11.3 Å². The second kappa shape index (κ2) is 8.11. The van der Waals surface area contributed by atoms with Crippen LogP contribution in [-0.2, 0) is 25.9 Å². The number of hydrogen-bond donors (Lipinski definition) is 2. The molecule has 28 heavy (non-hydrogen) atoms. The predicted molar refractivity (Wildman–Crippen MR) is 109 cm³/mol. The SMILES string of the molecule is Cc1ccc(F)cc1CNC1CCc2c(sc3ncn(CCCO)c(=O)c23)C1. The van der Waals surface area contributed by atoms with E-state index in [1.807, 2.05) is 13.0 Å². The van der Waals surface area contributed by atoms with Gasteiger partial charge in [0.25, 0.3) is 5.56 Å². The van der Waals surface area contributed by atoms with E-state index in [-0.39, 0.29) is 18.0 Å². The van der Waals surface area contributed by atoms with Gasteiger partial charge in [-0.05, 0) is 61.4 Å². The highest BCUT2D eigenvalue weighted by molar-refractivity contribution is 7.18. The number of aryl methyl sites for hydroxylation is 3. The molecule has 0 spiro atoms. The van der Waals surface area contributed by atoms with Crippen LogP contribution in [0, 0.1) is 12.7 Å². The molecule has 7 heteroatoms. The summed E-state index contributed by atoms with van der Waals surface area (Å²) in [7, 11) is 0. The minimum atomic E-state index is -0.207. The number of benzene rings is 1. The molecule has 1 aliphatic rings. The maximum absolute atomic E-state index is 13.5. The van der Waals surface area contributed by atoms with Crippen LogP contribution in [0.3, 0.4) is 0 Å². The summed E-state index contributed by atoms with van der Waals surface area (Å²) >= 11 is 1.60. The normalized spacial score (nSPS) is 16.5. The first-order valence-electron chi connectivity index (χ1n) is 9.65. The van der Waals surface area contributed by atoms with Gasteiger partial charge in [-0.3, -0.25) is 9.36 Å². The smallest absolute Gasteiger partial charge is 0.262 e. The van der Waals surface area contributed by atoms with Crippen molar-refractivity contribution in [1.29, 1.82) is 0 Å². The lowest BCUT2D eigenvalue weighted by atomic mass is 9.93. The van der Waals surface area contributed by atoms with Gasteiger partial charge in [-0.15, -0.1) is 11.3 Å². The summed E-state index contributed by atoms with van der Waals surface area (Å²) in [5, 5.41) is 13.3. The second-order valence-corrected chi connectivity index (χ2v) is 8.48. The first-order chi connectivity index (χ1) is 13.6. The minimum absolute atomic E-state index is 0.00209. The number of nitrogens with zero attached hydrogens (tertiary/aromatic N) is 2. The molecule has 2 N–H and O–H groups in total. The van der Waals surface area contributed by atoms with Gasteiger partial charge in [-0.1, -0.05) is 6.07 Å². The number of rotatable bonds is 6. The van der Waals surface area contributed by atoms with E-state index < -0.39 is 0 Å². The van der Waals surface area contributed by atoms with Crippen LogP contribution < -0.4 is 10.9 Å². The van der Waals surface area contributed by atoms with Crippen molar-refractivity contribution in [3.63, 3.8) is 0 Å². The number of nitrogens with one attached hydrogen (secondary N) is 1. The van der Waals surface area contributed by atoms with E-state index >= 15 is 0 Å². The molecule has 0 fully saturated rings. The average molecular weight is 402 g/mol. The third kappa shape index (κ3) is 3.74. The predicted octanol–water partition coefficient (Wildman–Crippen LogP) is 2.94. The molecule has 0 saturated heterocycles. The zero-order chi connectivity index (χ0) is 19.7. The number of aromatic nitrogens is 2. The van der Waals surface area contributed by atoms with Crippen LogP contribution in [0.2, 0.25) is 0 Å². The van der Waals surface area contributed by atoms with Crippen molar-refractivity contribution >= 4 is 21.6 Å². The van der Waals surface area contributed by atoms with Crippen LogP contribution in [0.4, 0.5) is 4.39 Å². The Balaban J connectivity index is 1.52. The zero-order valence-corrected chi connectivity index (χ0v) is 16.7. The highest BCUT2D eigenvalue weighted by Gasteiger charge is 2.25. The van der Waals surface area contributed by atoms with Crippen molar-refractivity contribution in [3.8, 4) is 0 Å². The van der Waals surface area contributed by atoms with Gasteiger partial charge in [0.1, 0.15) is 10.6 Å². The maximum atomic E-state index is 13.5. The molecule has 2 heterocycles. The van der Waals surface area contributed by atoms with Gasteiger partial charge in [0.05, 0.1) is 11.7 Å². The third-order valence-electron chi connectivity index (χ3n) is 5.49. The molecule has 148 valence electrons. The number of halogens is 1. The van der Waals surface area contributed by atoms with Gasteiger partial charge >= 0.3 is 0 Å². The lowest BCUT2D eigenvalue weighted by Crippen LogP contribution is -2.34. The van der Waals surface area contributed by atoms with E-state index in [4.69, 9.17) is 5.11 Å². The summed E-state index contributed by atoms with van der Waals surface area (Å²) in [6, 6.07) is 5.20. The number of hydrogen-bond acceptors (Lipinski definition) is 5. The van der Waals surface area contributed by atoms with Crippen molar-refractivity contribution in [2.24, 2.45) is 0 Å². The largest absolute Gasteiger partial charge is 0.396 e. The quantitative estimate of drug-likeness (QED) is 0.667. The third-order valence-corrected chi connectivity index (χ3v) is 6.65. The highest BCUT2D eigenvalue weighted by atomic mass is 32.1. The van der Waals surface area contributed by atoms with Crippen LogP contribution in [0.5, 0.6) is 0 Å². The van der Waals surface area contributed by atoms with Crippen molar-refractivity contribution in [1.82, 2.24) is 14.9 Å². The Kier molecular flexibility index (Phi) is 5.57. The summed E-state index contributed by atoms with van der Waals surface area (Å²) in [6.07, 6.45) is 4.78. The minimum Gasteiger partial charge on any atom is -0.396 e. The fourth-order valence-corrected chi connectivity index (χ4v) is 5.12. The van der Waals surface area contributed by atoms with Crippen molar-refractivity contribution < 1.29 is 9.50 Å². The molecule has 0 aliphatic heterocycles. The maximum Gasteiger partial charge on any atom is 0.262 e. The lowest BCUT2D eigenvalue weighted by molar-refractivity contribution is 0.279. The van der Waals surface area contributed by atoms with Crippen LogP contribution in [0.15, 0.2) is 29.3 Å². The molecule has 0 saturated carbocycles. The summed E-state index contributed by atoms with van der Waals surface area (Å²) in [5.74, 6) is -0.207. The van der Waals surface area contributed by atoms with Crippen molar-refractivity contribution in [2.75, 3.05) is 6.61 Å². The molecule has 5 nitrogen and oxygen atoms in total. The van der Waals surface area contributed by atoms with Gasteiger partial charge < -0.3 is 10.4 Å². The van der Waals surface area contributed by atoms with Gasteiger partial charge in [0.2, 0.25) is 0 Å². The molecule has 0 amide bonds. The molecule has 1 unspecified atom stereocenters. The second-order valence-electron chi connectivity index (χ2n) is 7.40. The Hall–Kier alpha value is -2.09. The Morgan fingerprint density at radius 3 is 3.11 bits per heavy atom. The summed E-state index contributed by atoms with van der Waals surface area (Å²) < 4.78 is 15.1. The van der Waals surface area contributed by atoms with Crippen LogP contribution in [0.25, 0.3) is 10.2 Å². The van der Waals surface area contributed by atoms with E-state index in [9.17, 15) is 9.18 Å². The fourth-order valence-electron chi connectivity index (χ4n) is 3.86. The molecule has 1 atom stereocenters. The summed E-state index contributed by atoms with van der Waals surface area (Å²) in [6.45, 7) is 3.18. The monoisotopic (exact) mass is 401 g/mol. The first kappa shape index (κ1) is 19.2. The summed E-state index contributed by atoms with van der Waals surface area (Å²) in [4.78, 5) is 19.3. The van der Waals surface area contributed by atoms with E-state index in [0.29, 0.717) is 25.6 Å². The topological polar surface area (TPSA) is 67.2 Å². The molecule has 1 aliphatic carbocycles. The fraction of sp³-hybridized carbons (Fsp3) is 0.429. The Morgan fingerprint density at radius 2 is 2.29 bits per heavy atom. The van der Waals surface area contributed by atoms with E-state index in [1.54, 1.807) is 28.3 Å². The number of thiophene rings is 1. The Bertz CT molecular complexity index is 1060. The standard InChI is InChI=1S/C21H24FN3O2S/c1-13-3-4-15(22)9-14(13)11-23-16-5-6-17-18(10-16)28-20-19(17)21(27)25(12-24-20)7-2-8-26/h3-4,9,12,16,23,26H,2,5-8,10-11H2,1H3. The van der Waals surface area contributed by atoms with Crippen LogP contribution in [0.1, 0.15) is 34.4 Å². The molecule has 1 aromatic carbocycles. The van der Waals surface area contributed by atoms with Gasteiger partial charge in [-0.2, -0.15) is 0 Å². The lowest BCUT2D eigenvalue weighted by Gasteiger charge is -2.24. The van der Waals surface area contributed by atoms with Gasteiger partial charge in [-0.25, -0.2) is 9.37 Å². The zero-order valence-electron chi connectivity index (χ0n) is 15.9. The highest BCUT2D eigenvalue weighted by Crippen LogP contribution is 2.33. The summed E-state index contributed by atoms with van der Waals surface area (Å²) in [5.41, 5.74) is 3.20. The van der Waals surface area contributed by atoms with E-state index in [1.165, 1.54) is 10.9 Å². The molecule has 4 rings (SSSR count).